The average Bonchev–Trinajstić information content (AvgIpc) is 3.45. The average molecular weight is 577 g/mol. The number of urea groups is 1. The Kier molecular flexibility index (Phi) is 9.30. The summed E-state index contributed by atoms with van der Waals surface area (Å²) in [6.07, 6.45) is 3.94. The van der Waals surface area contributed by atoms with Crippen LogP contribution in [0, 0.1) is 0 Å². The summed E-state index contributed by atoms with van der Waals surface area (Å²) in [7, 11) is 3.79. The van der Waals surface area contributed by atoms with Crippen LogP contribution < -0.4 is 25.3 Å². The van der Waals surface area contributed by atoms with Gasteiger partial charge in [0.05, 0.1) is 25.5 Å². The molecule has 3 N–H and O–H groups in total. The van der Waals surface area contributed by atoms with Crippen LogP contribution in [0.25, 0.3) is 11.3 Å². The van der Waals surface area contributed by atoms with Gasteiger partial charge >= 0.3 is 6.03 Å². The van der Waals surface area contributed by atoms with Gasteiger partial charge in [-0.05, 0) is 44.7 Å². The number of aliphatic hydroxyl groups is 1. The zero-order valence-corrected chi connectivity index (χ0v) is 24.6. The number of likely N-dealkylation sites (N-methyl/N-ethyl adjacent to an activating group) is 2. The predicted molar refractivity (Wildman–Crippen MR) is 164 cm³/mol. The minimum atomic E-state index is -0.161. The summed E-state index contributed by atoms with van der Waals surface area (Å²) in [6, 6.07) is 7.88. The summed E-state index contributed by atoms with van der Waals surface area (Å²) in [5, 5.41) is 9.17. The van der Waals surface area contributed by atoms with Crippen LogP contribution in [0.15, 0.2) is 36.7 Å². The first kappa shape index (κ1) is 29.4. The zero-order valence-electron chi connectivity index (χ0n) is 24.6. The van der Waals surface area contributed by atoms with E-state index in [0.29, 0.717) is 63.3 Å². The van der Waals surface area contributed by atoms with Crippen LogP contribution >= 0.6 is 0 Å². The van der Waals surface area contributed by atoms with Gasteiger partial charge in [0.2, 0.25) is 11.9 Å². The van der Waals surface area contributed by atoms with Gasteiger partial charge in [-0.15, -0.1) is 0 Å². The number of amides is 2. The van der Waals surface area contributed by atoms with Crippen LogP contribution in [0.4, 0.5) is 33.9 Å². The molecule has 5 rings (SSSR count). The lowest BCUT2D eigenvalue weighted by Gasteiger charge is -2.29. The van der Waals surface area contributed by atoms with E-state index in [1.54, 1.807) is 29.2 Å². The number of carbonyl (C=O) groups excluding carboxylic acids is 1. The highest BCUT2D eigenvalue weighted by atomic mass is 16.5. The first-order chi connectivity index (χ1) is 20.4. The van der Waals surface area contributed by atoms with Gasteiger partial charge in [-0.2, -0.15) is 4.98 Å². The van der Waals surface area contributed by atoms with Crippen molar-refractivity contribution in [1.82, 2.24) is 24.8 Å². The number of morpholine rings is 1. The highest BCUT2D eigenvalue weighted by Gasteiger charge is 2.33. The van der Waals surface area contributed by atoms with Crippen molar-refractivity contribution in [3.8, 4) is 11.3 Å². The number of rotatable bonds is 10. The van der Waals surface area contributed by atoms with Gasteiger partial charge in [0.1, 0.15) is 5.82 Å². The highest BCUT2D eigenvalue weighted by Crippen LogP contribution is 2.36. The van der Waals surface area contributed by atoms with Gasteiger partial charge in [0.15, 0.2) is 0 Å². The number of nitrogens with two attached hydrogens (primary N) is 1. The Balaban J connectivity index is 1.38. The Hall–Kier alpha value is -4.07. The van der Waals surface area contributed by atoms with Crippen molar-refractivity contribution >= 4 is 35.1 Å². The molecule has 2 aromatic heterocycles. The van der Waals surface area contributed by atoms with E-state index in [-0.39, 0.29) is 18.6 Å². The summed E-state index contributed by atoms with van der Waals surface area (Å²) in [5.74, 6) is 1.36. The fraction of sp³-hybridized carbons (Fsp3) is 0.483. The van der Waals surface area contributed by atoms with Crippen LogP contribution in [-0.2, 0) is 11.2 Å². The molecule has 4 heterocycles. The second-order valence-electron chi connectivity index (χ2n) is 10.5. The molecule has 0 atom stereocenters. The van der Waals surface area contributed by atoms with Gasteiger partial charge in [0.25, 0.3) is 0 Å². The van der Waals surface area contributed by atoms with Gasteiger partial charge in [0, 0.05) is 87.8 Å². The monoisotopic (exact) mass is 576 g/mol. The van der Waals surface area contributed by atoms with Gasteiger partial charge in [-0.25, -0.2) is 19.7 Å². The minimum Gasteiger partial charge on any atom is -0.395 e. The van der Waals surface area contributed by atoms with Gasteiger partial charge in [-0.3, -0.25) is 9.80 Å². The molecule has 224 valence electrons. The molecule has 0 aliphatic carbocycles. The first-order valence-electron chi connectivity index (χ1n) is 14.4. The Morgan fingerprint density at radius 2 is 1.69 bits per heavy atom. The number of hydrogen-bond acceptors (Lipinski definition) is 11. The third kappa shape index (κ3) is 6.37. The summed E-state index contributed by atoms with van der Waals surface area (Å²) in [5.41, 5.74) is 9.96. The van der Waals surface area contributed by atoms with Crippen LogP contribution in [0.2, 0.25) is 0 Å². The number of aromatic nitrogens is 4. The quantitative estimate of drug-likeness (QED) is 0.365. The molecule has 13 heteroatoms. The van der Waals surface area contributed by atoms with E-state index in [2.05, 4.69) is 31.6 Å². The summed E-state index contributed by atoms with van der Waals surface area (Å²) in [6.45, 7) is 8.50. The normalized spacial score (nSPS) is 14.8. The van der Waals surface area contributed by atoms with Crippen molar-refractivity contribution in [3.05, 3.63) is 42.2 Å². The predicted octanol–water partition coefficient (Wildman–Crippen LogP) is 1.72. The SMILES string of the molecule is CCN(CCN(C)CCO)c1ccc(N(C)C(=O)N2CCc3c(-c4cnc(N)nc4)nc(N4CCOCC4)nc32)cc1. The number of nitrogen functional groups attached to an aromatic ring is 1. The second kappa shape index (κ2) is 13.3. The smallest absolute Gasteiger partial charge is 0.329 e. The van der Waals surface area contributed by atoms with E-state index < -0.39 is 0 Å². The van der Waals surface area contributed by atoms with E-state index in [9.17, 15) is 9.90 Å². The topological polar surface area (TPSA) is 140 Å². The molecular formula is C29H40N10O3. The van der Waals surface area contributed by atoms with E-state index in [1.165, 1.54) is 0 Å². The van der Waals surface area contributed by atoms with Crippen molar-refractivity contribution in [3.63, 3.8) is 0 Å². The lowest BCUT2D eigenvalue weighted by atomic mass is 10.1. The molecule has 0 bridgehead atoms. The number of aliphatic hydroxyl groups excluding tert-OH is 1. The summed E-state index contributed by atoms with van der Waals surface area (Å²) < 4.78 is 5.53. The van der Waals surface area contributed by atoms with Crippen molar-refractivity contribution in [2.45, 2.75) is 13.3 Å². The minimum absolute atomic E-state index is 0.150. The standard InChI is InChI=1S/C29H40N10O3/c1-4-37(12-11-35(2)13-16-40)23-7-5-22(6-8-23)36(3)29(41)39-10-9-24-25(21-19-31-27(30)32-20-21)33-28(34-26(24)39)38-14-17-42-18-15-38/h5-8,19-20,40H,4,9-18H2,1-3H3,(H2,30,31,32). The third-order valence-corrected chi connectivity index (χ3v) is 7.79. The van der Waals surface area contributed by atoms with Gasteiger partial charge in [-0.1, -0.05) is 0 Å². The molecular weight excluding hydrogens is 536 g/mol. The number of nitrogens with zero attached hydrogens (tertiary/aromatic N) is 9. The van der Waals surface area contributed by atoms with E-state index in [0.717, 1.165) is 42.1 Å². The Morgan fingerprint density at radius 3 is 2.36 bits per heavy atom. The Morgan fingerprint density at radius 1 is 1.00 bits per heavy atom. The van der Waals surface area contributed by atoms with E-state index in [4.69, 9.17) is 20.4 Å². The van der Waals surface area contributed by atoms with Crippen LogP contribution in [0.5, 0.6) is 0 Å². The molecule has 1 aromatic carbocycles. The summed E-state index contributed by atoms with van der Waals surface area (Å²) >= 11 is 0. The maximum absolute atomic E-state index is 13.9. The fourth-order valence-corrected chi connectivity index (χ4v) is 5.26. The molecule has 0 unspecified atom stereocenters. The molecule has 0 spiro atoms. The molecule has 3 aromatic rings. The van der Waals surface area contributed by atoms with Crippen LogP contribution in [0.3, 0.4) is 0 Å². The van der Waals surface area contributed by atoms with E-state index in [1.807, 2.05) is 31.3 Å². The second-order valence-corrected chi connectivity index (χ2v) is 10.5. The van der Waals surface area contributed by atoms with Gasteiger partial charge < -0.3 is 30.3 Å². The fourth-order valence-electron chi connectivity index (χ4n) is 5.26. The van der Waals surface area contributed by atoms with Crippen molar-refractivity contribution in [2.24, 2.45) is 0 Å². The molecule has 13 nitrogen and oxygen atoms in total. The van der Waals surface area contributed by atoms with Crippen LogP contribution in [0.1, 0.15) is 12.5 Å². The maximum atomic E-state index is 13.9. The molecule has 42 heavy (non-hydrogen) atoms. The zero-order chi connectivity index (χ0) is 29.6. The van der Waals surface area contributed by atoms with E-state index >= 15 is 0 Å². The van der Waals surface area contributed by atoms with Crippen molar-refractivity contribution in [1.29, 1.82) is 0 Å². The molecule has 1 saturated heterocycles. The molecule has 2 aliphatic heterocycles. The first-order valence-corrected chi connectivity index (χ1v) is 14.4. The number of ether oxygens (including phenoxy) is 1. The number of benzene rings is 1. The number of hydrogen-bond donors (Lipinski definition) is 2. The number of anilines is 5. The molecule has 2 aliphatic rings. The summed E-state index contributed by atoms with van der Waals surface area (Å²) in [4.78, 5) is 41.9. The maximum Gasteiger partial charge on any atom is 0.329 e. The number of carbonyl (C=O) groups is 1. The molecule has 2 amide bonds. The van der Waals surface area contributed by atoms with Crippen molar-refractivity contribution < 1.29 is 14.6 Å². The lowest BCUT2D eigenvalue weighted by molar-refractivity contribution is 0.122. The molecule has 0 radical (unpaired) electrons. The molecule has 0 saturated carbocycles. The Labute approximate surface area is 246 Å². The lowest BCUT2D eigenvalue weighted by Crippen LogP contribution is -2.41. The largest absolute Gasteiger partial charge is 0.395 e. The molecule has 1 fully saturated rings. The Bertz CT molecular complexity index is 1350. The van der Waals surface area contributed by atoms with Crippen molar-refractivity contribution in [2.75, 3.05) is 105 Å². The highest BCUT2D eigenvalue weighted by molar-refractivity contribution is 6.04. The number of fused-ring (bicyclic) bond motifs is 1. The van der Waals surface area contributed by atoms with Crippen LogP contribution in [-0.4, -0.2) is 116 Å². The third-order valence-electron chi connectivity index (χ3n) is 7.79.